The number of nitrogens with zero attached hydrogens (tertiary/aromatic N) is 2. The van der Waals surface area contributed by atoms with Crippen LogP contribution in [0.15, 0.2) is 48.5 Å². The maximum atomic E-state index is 12.9. The van der Waals surface area contributed by atoms with E-state index < -0.39 is 22.0 Å². The summed E-state index contributed by atoms with van der Waals surface area (Å²) in [5.41, 5.74) is 2.84. The fourth-order valence-electron chi connectivity index (χ4n) is 2.81. The van der Waals surface area contributed by atoms with Crippen LogP contribution < -0.4 is 5.32 Å². The van der Waals surface area contributed by atoms with Crippen LogP contribution in [0.4, 0.5) is 0 Å². The summed E-state index contributed by atoms with van der Waals surface area (Å²) in [4.78, 5) is 27.1. The van der Waals surface area contributed by atoms with Gasteiger partial charge in [0.25, 0.3) is 0 Å². The highest BCUT2D eigenvalue weighted by Crippen LogP contribution is 2.14. The Bertz CT molecular complexity index is 1010. The van der Waals surface area contributed by atoms with E-state index in [1.54, 1.807) is 31.2 Å². The van der Waals surface area contributed by atoms with E-state index in [1.807, 2.05) is 31.2 Å². The molecular formula is C22H28ClN3O4S. The summed E-state index contributed by atoms with van der Waals surface area (Å²) < 4.78 is 24.4. The first-order valence-corrected chi connectivity index (χ1v) is 12.0. The third-order valence-electron chi connectivity index (χ3n) is 4.94. The molecule has 0 heterocycles. The summed E-state index contributed by atoms with van der Waals surface area (Å²) >= 11 is 5.93. The van der Waals surface area contributed by atoms with Gasteiger partial charge in [0.2, 0.25) is 21.8 Å². The highest BCUT2D eigenvalue weighted by molar-refractivity contribution is 7.88. The lowest BCUT2D eigenvalue weighted by atomic mass is 10.1. The third-order valence-corrected chi connectivity index (χ3v) is 6.46. The van der Waals surface area contributed by atoms with Crippen LogP contribution in [0.1, 0.15) is 23.6 Å². The van der Waals surface area contributed by atoms with Crippen molar-refractivity contribution in [3.63, 3.8) is 0 Å². The number of rotatable bonds is 9. The summed E-state index contributed by atoms with van der Waals surface area (Å²) in [7, 11) is -2.21. The number of hydrogen-bond acceptors (Lipinski definition) is 4. The van der Waals surface area contributed by atoms with Crippen LogP contribution in [-0.4, -0.2) is 55.3 Å². The molecule has 1 atom stereocenters. The van der Waals surface area contributed by atoms with Gasteiger partial charge >= 0.3 is 0 Å². The number of aryl methyl sites for hydroxylation is 1. The Hall–Kier alpha value is -2.42. The van der Waals surface area contributed by atoms with Crippen molar-refractivity contribution < 1.29 is 18.0 Å². The molecule has 2 amide bonds. The fourth-order valence-corrected chi connectivity index (χ4v) is 3.28. The van der Waals surface area contributed by atoms with Crippen LogP contribution in [0.25, 0.3) is 0 Å². The van der Waals surface area contributed by atoms with Crippen LogP contribution in [0.5, 0.6) is 0 Å². The van der Waals surface area contributed by atoms with Crippen molar-refractivity contribution in [2.24, 2.45) is 0 Å². The molecule has 0 saturated heterocycles. The molecule has 0 saturated carbocycles. The molecule has 31 heavy (non-hydrogen) atoms. The number of halogens is 1. The number of amides is 2. The summed E-state index contributed by atoms with van der Waals surface area (Å²) in [5.74, 6) is -0.800. The maximum absolute atomic E-state index is 12.9. The monoisotopic (exact) mass is 465 g/mol. The predicted octanol–water partition coefficient (Wildman–Crippen LogP) is 2.57. The zero-order valence-electron chi connectivity index (χ0n) is 18.1. The van der Waals surface area contributed by atoms with Crippen molar-refractivity contribution in [3.8, 4) is 0 Å². The van der Waals surface area contributed by atoms with Crippen LogP contribution >= 0.6 is 11.6 Å². The van der Waals surface area contributed by atoms with E-state index in [1.165, 1.54) is 11.9 Å². The average molecular weight is 466 g/mol. The first-order valence-electron chi connectivity index (χ1n) is 9.76. The van der Waals surface area contributed by atoms with Gasteiger partial charge in [0, 0.05) is 25.2 Å². The molecule has 0 fully saturated rings. The van der Waals surface area contributed by atoms with Crippen molar-refractivity contribution >= 4 is 33.4 Å². The van der Waals surface area contributed by atoms with E-state index in [2.05, 4.69) is 5.32 Å². The van der Waals surface area contributed by atoms with Gasteiger partial charge < -0.3 is 10.2 Å². The first kappa shape index (κ1) is 24.8. The summed E-state index contributed by atoms with van der Waals surface area (Å²) in [6.45, 7) is 3.72. The summed E-state index contributed by atoms with van der Waals surface area (Å²) in [6.07, 6.45) is 1.03. The average Bonchev–Trinajstić information content (AvgIpc) is 2.71. The minimum Gasteiger partial charge on any atom is -0.350 e. The van der Waals surface area contributed by atoms with E-state index in [4.69, 9.17) is 11.6 Å². The molecule has 2 rings (SSSR count). The maximum Gasteiger partial charge on any atom is 0.242 e. The molecule has 0 aliphatic rings. The van der Waals surface area contributed by atoms with Gasteiger partial charge in [-0.25, -0.2) is 8.42 Å². The fraction of sp³-hybridized carbons (Fsp3) is 0.364. The van der Waals surface area contributed by atoms with Crippen LogP contribution in [-0.2, 0) is 32.7 Å². The van der Waals surface area contributed by atoms with Crippen LogP contribution in [0.2, 0.25) is 5.02 Å². The molecular weight excluding hydrogens is 438 g/mol. The lowest BCUT2D eigenvalue weighted by Crippen LogP contribution is -2.50. The molecule has 168 valence electrons. The van der Waals surface area contributed by atoms with E-state index >= 15 is 0 Å². The molecule has 2 aromatic carbocycles. The van der Waals surface area contributed by atoms with Crippen molar-refractivity contribution in [2.45, 2.75) is 33.0 Å². The molecule has 0 aliphatic heterocycles. The van der Waals surface area contributed by atoms with E-state index in [9.17, 15) is 18.0 Å². The Balaban J connectivity index is 2.16. The number of carbonyl (C=O) groups excluding carboxylic acids is 2. The quantitative estimate of drug-likeness (QED) is 0.616. The Morgan fingerprint density at radius 3 is 2.13 bits per heavy atom. The van der Waals surface area contributed by atoms with Gasteiger partial charge in [0.05, 0.1) is 12.8 Å². The molecule has 0 aliphatic carbocycles. The number of nitrogens with one attached hydrogen (secondary N) is 1. The van der Waals surface area contributed by atoms with E-state index in [-0.39, 0.29) is 19.0 Å². The van der Waals surface area contributed by atoms with Crippen molar-refractivity contribution in [3.05, 3.63) is 70.2 Å². The lowest BCUT2D eigenvalue weighted by Gasteiger charge is -2.30. The molecule has 0 radical (unpaired) electrons. The van der Waals surface area contributed by atoms with Crippen LogP contribution in [0, 0.1) is 6.92 Å². The molecule has 0 aromatic heterocycles. The van der Waals surface area contributed by atoms with E-state index in [0.717, 1.165) is 27.3 Å². The highest BCUT2D eigenvalue weighted by atomic mass is 35.5. The van der Waals surface area contributed by atoms with Gasteiger partial charge in [0.1, 0.15) is 6.04 Å². The molecule has 2 aromatic rings. The van der Waals surface area contributed by atoms with Crippen molar-refractivity contribution in [1.29, 1.82) is 0 Å². The second-order valence-electron chi connectivity index (χ2n) is 7.55. The molecule has 0 bridgehead atoms. The third kappa shape index (κ3) is 7.65. The number of likely N-dealkylation sites (N-methyl/N-ethyl adjacent to an activating group) is 1. The minimum atomic E-state index is -3.54. The number of benzene rings is 2. The largest absolute Gasteiger partial charge is 0.350 e. The summed E-state index contributed by atoms with van der Waals surface area (Å²) in [6, 6.07) is 13.9. The summed E-state index contributed by atoms with van der Waals surface area (Å²) in [5, 5.41) is 3.40. The Labute approximate surface area is 189 Å². The van der Waals surface area contributed by atoms with Crippen LogP contribution in [0.3, 0.4) is 0 Å². The van der Waals surface area contributed by atoms with E-state index in [0.29, 0.717) is 11.6 Å². The minimum absolute atomic E-state index is 0.146. The van der Waals surface area contributed by atoms with Gasteiger partial charge in [-0.1, -0.05) is 53.6 Å². The lowest BCUT2D eigenvalue weighted by molar-refractivity contribution is -0.140. The zero-order valence-corrected chi connectivity index (χ0v) is 19.7. The van der Waals surface area contributed by atoms with Crippen molar-refractivity contribution in [1.82, 2.24) is 14.5 Å². The zero-order chi connectivity index (χ0) is 23.2. The molecule has 0 spiro atoms. The SMILES string of the molecule is Cc1ccc(CNC(=O)[C@H](C)N(Cc2ccc(Cl)cc2)C(=O)CN(C)S(C)(=O)=O)cc1. The standard InChI is InChI=1S/C22H28ClN3O4S/c1-16-5-7-18(8-6-16)13-24-22(28)17(2)26(14-19-9-11-20(23)12-10-19)21(27)15-25(3)31(4,29)30/h5-12,17H,13-15H2,1-4H3,(H,24,28)/t17-/m0/s1. The first-order chi connectivity index (χ1) is 14.5. The highest BCUT2D eigenvalue weighted by Gasteiger charge is 2.28. The second-order valence-corrected chi connectivity index (χ2v) is 10.1. The number of sulfonamides is 1. The Kier molecular flexibility index (Phi) is 8.61. The topological polar surface area (TPSA) is 86.8 Å². The van der Waals surface area contributed by atoms with Gasteiger partial charge in [-0.2, -0.15) is 4.31 Å². The number of carbonyl (C=O) groups is 2. The molecule has 7 nitrogen and oxygen atoms in total. The smallest absolute Gasteiger partial charge is 0.242 e. The Morgan fingerprint density at radius 2 is 1.58 bits per heavy atom. The normalized spacial score (nSPS) is 12.5. The van der Waals surface area contributed by atoms with Gasteiger partial charge in [-0.05, 0) is 37.1 Å². The van der Waals surface area contributed by atoms with Crippen molar-refractivity contribution in [2.75, 3.05) is 19.8 Å². The molecule has 0 unspecified atom stereocenters. The van der Waals surface area contributed by atoms with Gasteiger partial charge in [-0.15, -0.1) is 0 Å². The van der Waals surface area contributed by atoms with Gasteiger partial charge in [0.15, 0.2) is 0 Å². The molecule has 1 N–H and O–H groups in total. The Morgan fingerprint density at radius 1 is 1.03 bits per heavy atom. The number of hydrogen-bond donors (Lipinski definition) is 1. The second kappa shape index (κ2) is 10.7. The molecule has 9 heteroatoms. The predicted molar refractivity (Wildman–Crippen MR) is 122 cm³/mol. The van der Waals surface area contributed by atoms with Gasteiger partial charge in [-0.3, -0.25) is 9.59 Å².